The molecule has 3 N–H and O–H groups in total. The van der Waals surface area contributed by atoms with Crippen molar-refractivity contribution in [1.82, 2.24) is 0 Å². The zero-order valence-electron chi connectivity index (χ0n) is 9.88. The molecule has 18 heavy (non-hydrogen) atoms. The van der Waals surface area contributed by atoms with Crippen molar-refractivity contribution in [2.75, 3.05) is 11.9 Å². The van der Waals surface area contributed by atoms with Crippen molar-refractivity contribution < 1.29 is 13.2 Å². The van der Waals surface area contributed by atoms with E-state index in [9.17, 15) is 13.2 Å². The smallest absolute Gasteiger partial charge is 0.384 e. The largest absolute Gasteiger partial charge is 0.417 e. The normalized spacial score (nSPS) is 15.6. The van der Waals surface area contributed by atoms with Crippen LogP contribution in [0.25, 0.3) is 0 Å². The highest BCUT2D eigenvalue weighted by Crippen LogP contribution is 2.36. The van der Waals surface area contributed by atoms with E-state index < -0.39 is 17.6 Å². The Morgan fingerprint density at radius 2 is 2.00 bits per heavy atom. The van der Waals surface area contributed by atoms with E-state index in [-0.39, 0.29) is 5.56 Å². The van der Waals surface area contributed by atoms with E-state index in [1.54, 1.807) is 13.1 Å². The molecule has 0 unspecified atom stereocenters. The summed E-state index contributed by atoms with van der Waals surface area (Å²) < 4.78 is 38.7. The molecule has 1 fully saturated rings. The minimum absolute atomic E-state index is 0.268. The number of rotatable bonds is 3. The fourth-order valence-corrected chi connectivity index (χ4v) is 1.89. The molecule has 1 aromatic carbocycles. The summed E-state index contributed by atoms with van der Waals surface area (Å²) in [5.41, 5.74) is 4.57. The lowest BCUT2D eigenvalue weighted by molar-refractivity contribution is -0.137. The van der Waals surface area contributed by atoms with Crippen molar-refractivity contribution >= 4 is 11.5 Å². The molecule has 0 amide bonds. The van der Waals surface area contributed by atoms with E-state index in [0.29, 0.717) is 11.7 Å². The van der Waals surface area contributed by atoms with Crippen LogP contribution in [0.5, 0.6) is 0 Å². The van der Waals surface area contributed by atoms with Crippen molar-refractivity contribution in [3.8, 4) is 0 Å². The number of benzene rings is 1. The van der Waals surface area contributed by atoms with Crippen LogP contribution in [0, 0.1) is 5.41 Å². The van der Waals surface area contributed by atoms with Gasteiger partial charge in [-0.15, -0.1) is 0 Å². The van der Waals surface area contributed by atoms with Gasteiger partial charge in [0.1, 0.15) is 5.84 Å². The quantitative estimate of drug-likeness (QED) is 0.646. The van der Waals surface area contributed by atoms with Crippen LogP contribution >= 0.6 is 0 Å². The lowest BCUT2D eigenvalue weighted by atomic mass is 10.0. The van der Waals surface area contributed by atoms with Gasteiger partial charge in [0.15, 0.2) is 0 Å². The third-order valence-electron chi connectivity index (χ3n) is 3.10. The van der Waals surface area contributed by atoms with Gasteiger partial charge in [-0.1, -0.05) is 0 Å². The molecule has 0 radical (unpaired) electrons. The summed E-state index contributed by atoms with van der Waals surface area (Å²) >= 11 is 0. The van der Waals surface area contributed by atoms with Crippen molar-refractivity contribution in [3.05, 3.63) is 29.3 Å². The Balaban J connectivity index is 2.44. The number of hydrogen-bond acceptors (Lipinski definition) is 2. The minimum Gasteiger partial charge on any atom is -0.384 e. The number of hydrogen-bond donors (Lipinski definition) is 2. The van der Waals surface area contributed by atoms with Crippen LogP contribution in [0.2, 0.25) is 0 Å². The van der Waals surface area contributed by atoms with E-state index in [4.69, 9.17) is 11.1 Å². The van der Waals surface area contributed by atoms with Gasteiger partial charge >= 0.3 is 6.18 Å². The SMILES string of the molecule is CN(c1ccc(C(=N)N)c(C(F)(F)F)c1)C1CC1. The molecule has 98 valence electrons. The zero-order chi connectivity index (χ0) is 13.5. The summed E-state index contributed by atoms with van der Waals surface area (Å²) in [7, 11) is 1.78. The lowest BCUT2D eigenvalue weighted by Gasteiger charge is -2.21. The van der Waals surface area contributed by atoms with Crippen LogP contribution in [0.1, 0.15) is 24.0 Å². The van der Waals surface area contributed by atoms with Gasteiger partial charge in [0.2, 0.25) is 0 Å². The predicted molar refractivity (Wildman–Crippen MR) is 63.9 cm³/mol. The molecule has 1 aliphatic carbocycles. The Morgan fingerprint density at radius 1 is 1.39 bits per heavy atom. The van der Waals surface area contributed by atoms with Crippen molar-refractivity contribution in [1.29, 1.82) is 5.41 Å². The van der Waals surface area contributed by atoms with Crippen LogP contribution in [0.3, 0.4) is 0 Å². The maximum Gasteiger partial charge on any atom is 0.417 e. The molecular weight excluding hydrogens is 243 g/mol. The molecule has 0 aromatic heterocycles. The maximum atomic E-state index is 12.9. The van der Waals surface area contributed by atoms with Gasteiger partial charge in [0.25, 0.3) is 0 Å². The van der Waals surface area contributed by atoms with Gasteiger partial charge in [0, 0.05) is 24.3 Å². The Labute approximate surface area is 103 Å². The topological polar surface area (TPSA) is 53.1 Å². The van der Waals surface area contributed by atoms with E-state index >= 15 is 0 Å². The van der Waals surface area contributed by atoms with Crippen LogP contribution in [-0.4, -0.2) is 18.9 Å². The second kappa shape index (κ2) is 4.19. The van der Waals surface area contributed by atoms with E-state index in [1.807, 2.05) is 4.90 Å². The Hall–Kier alpha value is -1.72. The summed E-state index contributed by atoms with van der Waals surface area (Å²) in [5.74, 6) is -0.567. The number of nitrogens with one attached hydrogen (secondary N) is 1. The third kappa shape index (κ3) is 2.42. The van der Waals surface area contributed by atoms with Gasteiger partial charge in [-0.3, -0.25) is 5.41 Å². The Morgan fingerprint density at radius 3 is 2.44 bits per heavy atom. The minimum atomic E-state index is -4.50. The Kier molecular flexibility index (Phi) is 2.96. The summed E-state index contributed by atoms with van der Waals surface area (Å²) in [4.78, 5) is 1.83. The molecular formula is C12H14F3N3. The number of nitrogens with two attached hydrogens (primary N) is 1. The average Bonchev–Trinajstić information content (AvgIpc) is 3.09. The number of nitrogens with zero attached hydrogens (tertiary/aromatic N) is 1. The fourth-order valence-electron chi connectivity index (χ4n) is 1.89. The number of amidine groups is 1. The summed E-state index contributed by atoms with van der Waals surface area (Å²) in [6.45, 7) is 0. The third-order valence-corrected chi connectivity index (χ3v) is 3.10. The van der Waals surface area contributed by atoms with Crippen LogP contribution in [0.4, 0.5) is 18.9 Å². The molecule has 0 bridgehead atoms. The number of nitrogen functional groups attached to an aromatic ring is 1. The van der Waals surface area contributed by atoms with Crippen molar-refractivity contribution in [2.45, 2.75) is 25.1 Å². The number of alkyl halides is 3. The summed E-state index contributed by atoms with van der Waals surface area (Å²) in [6, 6.07) is 4.23. The molecule has 3 nitrogen and oxygen atoms in total. The molecule has 0 atom stereocenters. The van der Waals surface area contributed by atoms with Crippen LogP contribution in [-0.2, 0) is 6.18 Å². The van der Waals surface area contributed by atoms with E-state index in [2.05, 4.69) is 0 Å². The molecule has 0 aliphatic heterocycles. The molecule has 6 heteroatoms. The Bertz CT molecular complexity index is 478. The number of anilines is 1. The van der Waals surface area contributed by atoms with Gasteiger partial charge < -0.3 is 10.6 Å². The lowest BCUT2D eigenvalue weighted by Crippen LogP contribution is -2.23. The number of halogens is 3. The van der Waals surface area contributed by atoms with Gasteiger partial charge in [-0.05, 0) is 31.0 Å². The highest BCUT2D eigenvalue weighted by molar-refractivity contribution is 5.97. The molecule has 1 saturated carbocycles. The first kappa shape index (κ1) is 12.7. The van der Waals surface area contributed by atoms with E-state index in [0.717, 1.165) is 18.9 Å². The molecule has 0 heterocycles. The zero-order valence-corrected chi connectivity index (χ0v) is 9.88. The van der Waals surface area contributed by atoms with Crippen molar-refractivity contribution in [3.63, 3.8) is 0 Å². The predicted octanol–water partition coefficient (Wildman–Crippen LogP) is 2.59. The average molecular weight is 257 g/mol. The standard InChI is InChI=1S/C12H14F3N3/c1-18(7-2-3-7)8-4-5-9(11(16)17)10(6-8)12(13,14)15/h4-7H,2-3H2,1H3,(H3,16,17). The first-order valence-electron chi connectivity index (χ1n) is 5.59. The summed E-state index contributed by atoms with van der Waals surface area (Å²) in [6.07, 6.45) is -2.49. The molecule has 1 aromatic rings. The molecule has 0 saturated heterocycles. The summed E-state index contributed by atoms with van der Waals surface area (Å²) in [5, 5.41) is 7.20. The first-order valence-corrected chi connectivity index (χ1v) is 5.59. The van der Waals surface area contributed by atoms with Gasteiger partial charge in [-0.25, -0.2) is 0 Å². The monoisotopic (exact) mass is 257 g/mol. The highest BCUT2D eigenvalue weighted by Gasteiger charge is 2.35. The maximum absolute atomic E-state index is 12.9. The van der Waals surface area contributed by atoms with Crippen LogP contribution in [0.15, 0.2) is 18.2 Å². The van der Waals surface area contributed by atoms with Gasteiger partial charge in [-0.2, -0.15) is 13.2 Å². The second-order valence-corrected chi connectivity index (χ2v) is 4.48. The molecule has 2 rings (SSSR count). The second-order valence-electron chi connectivity index (χ2n) is 4.48. The first-order chi connectivity index (χ1) is 8.30. The molecule has 0 spiro atoms. The van der Waals surface area contributed by atoms with Crippen molar-refractivity contribution in [2.24, 2.45) is 5.73 Å². The van der Waals surface area contributed by atoms with Gasteiger partial charge in [0.05, 0.1) is 5.56 Å². The van der Waals surface area contributed by atoms with E-state index in [1.165, 1.54) is 6.07 Å². The highest BCUT2D eigenvalue weighted by atomic mass is 19.4. The van der Waals surface area contributed by atoms with Crippen LogP contribution < -0.4 is 10.6 Å². The fraction of sp³-hybridized carbons (Fsp3) is 0.417. The molecule has 1 aliphatic rings.